The zero-order chi connectivity index (χ0) is 9.97. The lowest BCUT2D eigenvalue weighted by atomic mass is 10.0. The van der Waals surface area contributed by atoms with Crippen molar-refractivity contribution in [2.24, 2.45) is 0 Å². The Labute approximate surface area is 87.0 Å². The first-order chi connectivity index (χ1) is 6.81. The summed E-state index contributed by atoms with van der Waals surface area (Å²) in [7, 11) is 0. The van der Waals surface area contributed by atoms with Crippen molar-refractivity contribution in [3.05, 3.63) is 35.9 Å². The number of benzene rings is 1. The van der Waals surface area contributed by atoms with Gasteiger partial charge in [0.2, 0.25) is 0 Å². The number of amides is 1. The zero-order valence-corrected chi connectivity index (χ0v) is 8.20. The molecule has 4 heteroatoms. The van der Waals surface area contributed by atoms with E-state index in [1.54, 1.807) is 0 Å². The number of halogens is 1. The van der Waals surface area contributed by atoms with Gasteiger partial charge in [-0.1, -0.05) is 30.3 Å². The van der Waals surface area contributed by atoms with Gasteiger partial charge in [0.15, 0.2) is 6.10 Å². The standard InChI is InChI=1S/C10H10ClNO2/c11-6-8-9(14-10(13)12-8)7-4-2-1-3-5-7/h1-5,8-9H,6H2,(H,12,13). The monoisotopic (exact) mass is 211 g/mol. The van der Waals surface area contributed by atoms with E-state index in [-0.39, 0.29) is 12.1 Å². The van der Waals surface area contributed by atoms with Gasteiger partial charge in [0.1, 0.15) is 0 Å². The molecule has 1 aromatic carbocycles. The third-order valence-electron chi connectivity index (χ3n) is 2.20. The van der Waals surface area contributed by atoms with Crippen molar-refractivity contribution in [1.82, 2.24) is 5.32 Å². The van der Waals surface area contributed by atoms with E-state index >= 15 is 0 Å². The molecule has 1 aromatic rings. The molecule has 1 aliphatic heterocycles. The second-order valence-corrected chi connectivity index (χ2v) is 3.45. The van der Waals surface area contributed by atoms with Crippen molar-refractivity contribution < 1.29 is 9.53 Å². The van der Waals surface area contributed by atoms with Gasteiger partial charge in [0.25, 0.3) is 0 Å². The van der Waals surface area contributed by atoms with E-state index in [2.05, 4.69) is 5.32 Å². The van der Waals surface area contributed by atoms with E-state index in [0.29, 0.717) is 5.88 Å². The molecule has 3 nitrogen and oxygen atoms in total. The van der Waals surface area contributed by atoms with Crippen LogP contribution in [0.1, 0.15) is 11.7 Å². The van der Waals surface area contributed by atoms with Gasteiger partial charge in [0, 0.05) is 5.88 Å². The number of rotatable bonds is 2. The first kappa shape index (κ1) is 9.34. The van der Waals surface area contributed by atoms with Gasteiger partial charge >= 0.3 is 6.09 Å². The van der Waals surface area contributed by atoms with Crippen LogP contribution in [0.5, 0.6) is 0 Å². The summed E-state index contributed by atoms with van der Waals surface area (Å²) in [6.07, 6.45) is -0.661. The van der Waals surface area contributed by atoms with Gasteiger partial charge in [0.05, 0.1) is 6.04 Å². The Bertz CT molecular complexity index is 328. The second kappa shape index (κ2) is 3.88. The summed E-state index contributed by atoms with van der Waals surface area (Å²) in [5.41, 5.74) is 0.969. The minimum absolute atomic E-state index is 0.133. The molecule has 0 radical (unpaired) electrons. The number of carbonyl (C=O) groups excluding carboxylic acids is 1. The highest BCUT2D eigenvalue weighted by Crippen LogP contribution is 2.26. The smallest absolute Gasteiger partial charge is 0.408 e. The number of carbonyl (C=O) groups is 1. The fraction of sp³-hybridized carbons (Fsp3) is 0.300. The van der Waals surface area contributed by atoms with Gasteiger partial charge < -0.3 is 10.1 Å². The maximum absolute atomic E-state index is 11.0. The minimum atomic E-state index is -0.399. The molecule has 2 atom stereocenters. The lowest BCUT2D eigenvalue weighted by Gasteiger charge is -2.14. The van der Waals surface area contributed by atoms with Crippen molar-refractivity contribution in [3.63, 3.8) is 0 Å². The number of cyclic esters (lactones) is 1. The molecular weight excluding hydrogens is 202 g/mol. The average molecular weight is 212 g/mol. The molecule has 0 aromatic heterocycles. The summed E-state index contributed by atoms with van der Waals surface area (Å²) in [4.78, 5) is 11.0. The van der Waals surface area contributed by atoms with E-state index in [9.17, 15) is 4.79 Å². The number of alkyl halides is 1. The molecule has 0 bridgehead atoms. The van der Waals surface area contributed by atoms with Crippen molar-refractivity contribution in [1.29, 1.82) is 0 Å². The summed E-state index contributed by atoms with van der Waals surface area (Å²) in [5, 5.41) is 2.66. The van der Waals surface area contributed by atoms with E-state index in [4.69, 9.17) is 16.3 Å². The first-order valence-corrected chi connectivity index (χ1v) is 4.93. The number of ether oxygens (including phenoxy) is 1. The predicted octanol–water partition coefficient (Wildman–Crippen LogP) is 2.07. The fourth-order valence-electron chi connectivity index (χ4n) is 1.52. The van der Waals surface area contributed by atoms with Gasteiger partial charge in [-0.3, -0.25) is 0 Å². The second-order valence-electron chi connectivity index (χ2n) is 3.14. The van der Waals surface area contributed by atoms with Crippen LogP contribution in [0.2, 0.25) is 0 Å². The van der Waals surface area contributed by atoms with Gasteiger partial charge in [-0.25, -0.2) is 4.79 Å². The fourth-order valence-corrected chi connectivity index (χ4v) is 1.76. The minimum Gasteiger partial charge on any atom is -0.439 e. The largest absolute Gasteiger partial charge is 0.439 e. The molecule has 1 saturated heterocycles. The molecule has 74 valence electrons. The number of hydrogen-bond acceptors (Lipinski definition) is 2. The highest BCUT2D eigenvalue weighted by atomic mass is 35.5. The topological polar surface area (TPSA) is 38.3 Å². The van der Waals surface area contributed by atoms with Crippen molar-refractivity contribution in [3.8, 4) is 0 Å². The summed E-state index contributed by atoms with van der Waals surface area (Å²) in [5.74, 6) is 0.352. The van der Waals surface area contributed by atoms with Crippen molar-refractivity contribution >= 4 is 17.7 Å². The van der Waals surface area contributed by atoms with Crippen LogP contribution >= 0.6 is 11.6 Å². The SMILES string of the molecule is O=C1NC(CCl)C(c2ccccc2)O1. The summed E-state index contributed by atoms with van der Waals surface area (Å²) >= 11 is 5.72. The summed E-state index contributed by atoms with van der Waals surface area (Å²) < 4.78 is 5.12. The molecule has 2 unspecified atom stereocenters. The summed E-state index contributed by atoms with van der Waals surface area (Å²) in [6.45, 7) is 0. The summed E-state index contributed by atoms with van der Waals surface area (Å²) in [6, 6.07) is 9.45. The molecule has 2 rings (SSSR count). The Morgan fingerprint density at radius 1 is 1.36 bits per heavy atom. The molecule has 0 saturated carbocycles. The third-order valence-corrected chi connectivity index (χ3v) is 2.53. The van der Waals surface area contributed by atoms with Crippen molar-refractivity contribution in [2.75, 3.05) is 5.88 Å². The molecule has 1 heterocycles. The van der Waals surface area contributed by atoms with Crippen LogP contribution in [0.25, 0.3) is 0 Å². The number of hydrogen-bond donors (Lipinski definition) is 1. The highest BCUT2D eigenvalue weighted by Gasteiger charge is 2.34. The van der Waals surface area contributed by atoms with Crippen LogP contribution in [0.15, 0.2) is 30.3 Å². The van der Waals surface area contributed by atoms with Crippen LogP contribution in [0.4, 0.5) is 4.79 Å². The zero-order valence-electron chi connectivity index (χ0n) is 7.44. The van der Waals surface area contributed by atoms with Gasteiger partial charge in [-0.15, -0.1) is 11.6 Å². The molecule has 1 fully saturated rings. The van der Waals surface area contributed by atoms with E-state index in [1.807, 2.05) is 30.3 Å². The van der Waals surface area contributed by atoms with Crippen LogP contribution in [-0.4, -0.2) is 18.0 Å². The van der Waals surface area contributed by atoms with Gasteiger partial charge in [-0.05, 0) is 5.56 Å². The predicted molar refractivity (Wildman–Crippen MR) is 53.3 cm³/mol. The van der Waals surface area contributed by atoms with Crippen LogP contribution < -0.4 is 5.32 Å². The Morgan fingerprint density at radius 3 is 2.71 bits per heavy atom. The average Bonchev–Trinajstić information content (AvgIpc) is 2.61. The van der Waals surface area contributed by atoms with Crippen LogP contribution in [0.3, 0.4) is 0 Å². The lowest BCUT2D eigenvalue weighted by molar-refractivity contribution is 0.134. The molecule has 0 spiro atoms. The normalized spacial score (nSPS) is 25.6. The Morgan fingerprint density at radius 2 is 2.07 bits per heavy atom. The van der Waals surface area contributed by atoms with E-state index < -0.39 is 6.09 Å². The maximum Gasteiger partial charge on any atom is 0.408 e. The first-order valence-electron chi connectivity index (χ1n) is 4.39. The number of alkyl carbamates (subject to hydrolysis) is 1. The van der Waals surface area contributed by atoms with Gasteiger partial charge in [-0.2, -0.15) is 0 Å². The molecule has 1 N–H and O–H groups in total. The molecule has 14 heavy (non-hydrogen) atoms. The third kappa shape index (κ3) is 1.68. The van der Waals surface area contributed by atoms with E-state index in [0.717, 1.165) is 5.56 Å². The quantitative estimate of drug-likeness (QED) is 0.761. The highest BCUT2D eigenvalue weighted by molar-refractivity contribution is 6.18. The van der Waals surface area contributed by atoms with Crippen LogP contribution in [-0.2, 0) is 4.74 Å². The Kier molecular flexibility index (Phi) is 2.59. The molecular formula is C10H10ClNO2. The van der Waals surface area contributed by atoms with E-state index in [1.165, 1.54) is 0 Å². The Hall–Kier alpha value is -1.22. The Balaban J connectivity index is 2.22. The van der Waals surface area contributed by atoms with Crippen molar-refractivity contribution in [2.45, 2.75) is 12.1 Å². The molecule has 1 aliphatic rings. The number of nitrogens with one attached hydrogen (secondary N) is 1. The lowest BCUT2D eigenvalue weighted by Crippen LogP contribution is -2.29. The van der Waals surface area contributed by atoms with Crippen LogP contribution in [0, 0.1) is 0 Å². The molecule has 0 aliphatic carbocycles. The molecule has 1 amide bonds. The maximum atomic E-state index is 11.0.